The number of phenols is 1. The van der Waals surface area contributed by atoms with E-state index in [1.54, 1.807) is 13.2 Å². The van der Waals surface area contributed by atoms with Crippen molar-refractivity contribution in [3.05, 3.63) is 27.7 Å². The Labute approximate surface area is 87.0 Å². The SMILES string of the molecule is COC(C)c1cc(Cl)cc(Cl)c1O. The van der Waals surface area contributed by atoms with Gasteiger partial charge in [0.05, 0.1) is 11.1 Å². The van der Waals surface area contributed by atoms with Crippen LogP contribution in [0.15, 0.2) is 12.1 Å². The van der Waals surface area contributed by atoms with Crippen LogP contribution in [0.4, 0.5) is 0 Å². The second kappa shape index (κ2) is 4.18. The number of phenolic OH excluding ortho intramolecular Hbond substituents is 1. The fourth-order valence-electron chi connectivity index (χ4n) is 1.02. The van der Waals surface area contributed by atoms with E-state index in [1.165, 1.54) is 6.07 Å². The highest BCUT2D eigenvalue weighted by molar-refractivity contribution is 6.35. The molecule has 1 aromatic carbocycles. The summed E-state index contributed by atoms with van der Waals surface area (Å²) in [5.41, 5.74) is 0.597. The maximum Gasteiger partial charge on any atom is 0.140 e. The van der Waals surface area contributed by atoms with Gasteiger partial charge in [-0.1, -0.05) is 23.2 Å². The number of hydrogen-bond acceptors (Lipinski definition) is 2. The molecule has 1 rings (SSSR count). The van der Waals surface area contributed by atoms with Crippen LogP contribution < -0.4 is 0 Å². The third kappa shape index (κ3) is 2.27. The zero-order valence-corrected chi connectivity index (χ0v) is 8.86. The van der Waals surface area contributed by atoms with Crippen molar-refractivity contribution < 1.29 is 9.84 Å². The molecule has 0 radical (unpaired) electrons. The van der Waals surface area contributed by atoms with Crippen LogP contribution in [0.3, 0.4) is 0 Å². The van der Waals surface area contributed by atoms with Gasteiger partial charge in [0.25, 0.3) is 0 Å². The van der Waals surface area contributed by atoms with Crippen LogP contribution in [-0.2, 0) is 4.74 Å². The summed E-state index contributed by atoms with van der Waals surface area (Å²) in [5.74, 6) is 0.0282. The first-order valence-corrected chi connectivity index (χ1v) is 4.52. The highest BCUT2D eigenvalue weighted by Gasteiger charge is 2.13. The van der Waals surface area contributed by atoms with Gasteiger partial charge in [0.15, 0.2) is 0 Å². The smallest absolute Gasteiger partial charge is 0.140 e. The molecule has 0 saturated carbocycles. The Morgan fingerprint density at radius 3 is 2.54 bits per heavy atom. The van der Waals surface area contributed by atoms with E-state index in [1.807, 2.05) is 6.92 Å². The number of hydrogen-bond donors (Lipinski definition) is 1. The molecule has 0 spiro atoms. The van der Waals surface area contributed by atoms with Crippen LogP contribution in [0.2, 0.25) is 10.0 Å². The van der Waals surface area contributed by atoms with Crippen LogP contribution in [0.25, 0.3) is 0 Å². The van der Waals surface area contributed by atoms with E-state index in [-0.39, 0.29) is 16.9 Å². The fraction of sp³-hybridized carbons (Fsp3) is 0.333. The third-order valence-corrected chi connectivity index (χ3v) is 2.36. The molecule has 0 saturated heterocycles. The quantitative estimate of drug-likeness (QED) is 0.829. The Morgan fingerprint density at radius 1 is 1.38 bits per heavy atom. The van der Waals surface area contributed by atoms with E-state index in [4.69, 9.17) is 27.9 Å². The molecule has 0 bridgehead atoms. The average Bonchev–Trinajstić information content (AvgIpc) is 2.10. The van der Waals surface area contributed by atoms with E-state index in [0.29, 0.717) is 10.6 Å². The highest BCUT2D eigenvalue weighted by atomic mass is 35.5. The maximum atomic E-state index is 9.55. The lowest BCUT2D eigenvalue weighted by Crippen LogP contribution is -1.96. The van der Waals surface area contributed by atoms with Gasteiger partial charge in [0.1, 0.15) is 5.75 Å². The number of rotatable bonds is 2. The maximum absolute atomic E-state index is 9.55. The number of benzene rings is 1. The highest BCUT2D eigenvalue weighted by Crippen LogP contribution is 2.35. The van der Waals surface area contributed by atoms with Crippen LogP contribution in [0, 0.1) is 0 Å². The second-order valence-electron chi connectivity index (χ2n) is 2.70. The molecule has 0 aliphatic heterocycles. The van der Waals surface area contributed by atoms with Crippen molar-refractivity contribution in [3.63, 3.8) is 0 Å². The van der Waals surface area contributed by atoms with E-state index < -0.39 is 0 Å². The second-order valence-corrected chi connectivity index (χ2v) is 3.55. The first-order valence-electron chi connectivity index (χ1n) is 3.77. The van der Waals surface area contributed by atoms with Crippen molar-refractivity contribution >= 4 is 23.2 Å². The molecule has 4 heteroatoms. The minimum atomic E-state index is -0.226. The molecule has 72 valence electrons. The van der Waals surface area contributed by atoms with E-state index in [0.717, 1.165) is 0 Å². The summed E-state index contributed by atoms with van der Waals surface area (Å²) in [6, 6.07) is 3.13. The van der Waals surface area contributed by atoms with E-state index >= 15 is 0 Å². The summed E-state index contributed by atoms with van der Waals surface area (Å²) >= 11 is 11.5. The summed E-state index contributed by atoms with van der Waals surface area (Å²) in [5, 5.41) is 10.3. The zero-order valence-electron chi connectivity index (χ0n) is 7.34. The molecule has 0 amide bonds. The Morgan fingerprint density at radius 2 is 2.00 bits per heavy atom. The lowest BCUT2D eigenvalue weighted by molar-refractivity contribution is 0.117. The summed E-state index contributed by atoms with van der Waals surface area (Å²) in [4.78, 5) is 0. The van der Waals surface area contributed by atoms with Crippen LogP contribution in [0.5, 0.6) is 5.75 Å². The van der Waals surface area contributed by atoms with Gasteiger partial charge in [-0.05, 0) is 19.1 Å². The molecule has 0 aliphatic rings. The number of aromatic hydroxyl groups is 1. The Bertz CT molecular complexity index is 313. The fourth-order valence-corrected chi connectivity index (χ4v) is 1.53. The van der Waals surface area contributed by atoms with E-state index in [9.17, 15) is 5.11 Å². The Kier molecular flexibility index (Phi) is 3.42. The summed E-state index contributed by atoms with van der Waals surface area (Å²) in [7, 11) is 1.55. The number of methoxy groups -OCH3 is 1. The predicted octanol–water partition coefficient (Wildman–Crippen LogP) is 3.41. The van der Waals surface area contributed by atoms with Crippen molar-refractivity contribution in [3.8, 4) is 5.75 Å². The molecular weight excluding hydrogens is 211 g/mol. The Balaban J connectivity index is 3.20. The lowest BCUT2D eigenvalue weighted by atomic mass is 10.1. The molecule has 0 aromatic heterocycles. The van der Waals surface area contributed by atoms with Gasteiger partial charge in [-0.15, -0.1) is 0 Å². The summed E-state index contributed by atoms with van der Waals surface area (Å²) < 4.78 is 5.05. The summed E-state index contributed by atoms with van der Waals surface area (Å²) in [6.07, 6.45) is -0.226. The monoisotopic (exact) mass is 220 g/mol. The third-order valence-electron chi connectivity index (χ3n) is 1.85. The van der Waals surface area contributed by atoms with Crippen molar-refractivity contribution in [2.45, 2.75) is 13.0 Å². The first kappa shape index (κ1) is 10.6. The molecule has 0 heterocycles. The molecule has 13 heavy (non-hydrogen) atoms. The van der Waals surface area contributed by atoms with Crippen LogP contribution in [0.1, 0.15) is 18.6 Å². The molecule has 1 unspecified atom stereocenters. The zero-order chi connectivity index (χ0) is 10.0. The number of halogens is 2. The standard InChI is InChI=1S/C9H10Cl2O2/c1-5(13-2)7-3-6(10)4-8(11)9(7)12/h3-5,12H,1-2H3. The normalized spacial score (nSPS) is 12.9. The van der Waals surface area contributed by atoms with E-state index in [2.05, 4.69) is 0 Å². The Hall–Kier alpha value is -0.440. The summed E-state index contributed by atoms with van der Waals surface area (Å²) in [6.45, 7) is 1.81. The molecule has 2 nitrogen and oxygen atoms in total. The van der Waals surface area contributed by atoms with Gasteiger partial charge in [0.2, 0.25) is 0 Å². The molecular formula is C9H10Cl2O2. The van der Waals surface area contributed by atoms with Crippen molar-refractivity contribution in [2.24, 2.45) is 0 Å². The molecule has 1 atom stereocenters. The molecule has 1 aromatic rings. The van der Waals surface area contributed by atoms with Crippen molar-refractivity contribution in [2.75, 3.05) is 7.11 Å². The van der Waals surface area contributed by atoms with Gasteiger partial charge in [-0.25, -0.2) is 0 Å². The number of ether oxygens (including phenoxy) is 1. The van der Waals surface area contributed by atoms with Gasteiger partial charge in [0, 0.05) is 17.7 Å². The van der Waals surface area contributed by atoms with Crippen molar-refractivity contribution in [1.82, 2.24) is 0 Å². The molecule has 1 N–H and O–H groups in total. The van der Waals surface area contributed by atoms with Crippen LogP contribution >= 0.6 is 23.2 Å². The van der Waals surface area contributed by atoms with Crippen LogP contribution in [-0.4, -0.2) is 12.2 Å². The lowest BCUT2D eigenvalue weighted by Gasteiger charge is -2.12. The van der Waals surface area contributed by atoms with Gasteiger partial charge >= 0.3 is 0 Å². The molecule has 0 aliphatic carbocycles. The van der Waals surface area contributed by atoms with Gasteiger partial charge < -0.3 is 9.84 Å². The average molecular weight is 221 g/mol. The predicted molar refractivity (Wildman–Crippen MR) is 53.6 cm³/mol. The minimum Gasteiger partial charge on any atom is -0.506 e. The van der Waals surface area contributed by atoms with Gasteiger partial charge in [-0.3, -0.25) is 0 Å². The van der Waals surface area contributed by atoms with Crippen molar-refractivity contribution in [1.29, 1.82) is 0 Å². The first-order chi connectivity index (χ1) is 6.06. The van der Waals surface area contributed by atoms with Gasteiger partial charge in [-0.2, -0.15) is 0 Å². The largest absolute Gasteiger partial charge is 0.506 e. The minimum absolute atomic E-state index is 0.0282. The molecule has 0 fully saturated rings. The topological polar surface area (TPSA) is 29.5 Å².